The normalized spacial score (nSPS) is 25.1. The molecule has 0 aliphatic heterocycles. The van der Waals surface area contributed by atoms with E-state index >= 15 is 0 Å². The summed E-state index contributed by atoms with van der Waals surface area (Å²) in [5.41, 5.74) is 0. The molecule has 2 aliphatic carbocycles. The maximum absolute atomic E-state index is 11.8. The van der Waals surface area contributed by atoms with E-state index in [-0.39, 0.29) is 6.10 Å². The highest BCUT2D eigenvalue weighted by Gasteiger charge is 2.19. The van der Waals surface area contributed by atoms with Crippen molar-refractivity contribution in [1.82, 2.24) is 0 Å². The van der Waals surface area contributed by atoms with E-state index in [1.807, 2.05) is 5.80 Å². The smallest absolute Gasteiger partial charge is 0.217 e. The van der Waals surface area contributed by atoms with Crippen molar-refractivity contribution in [3.63, 3.8) is 0 Å². The minimum atomic E-state index is -1.50. The molecule has 0 aromatic carbocycles. The van der Waals surface area contributed by atoms with Gasteiger partial charge in [-0.2, -0.15) is 4.52 Å². The topological polar surface area (TPSA) is 32.3 Å². The summed E-state index contributed by atoms with van der Waals surface area (Å²) in [6.07, 6.45) is 14.1. The molecule has 0 saturated heterocycles. The van der Waals surface area contributed by atoms with Crippen LogP contribution in [0.4, 0.5) is 0 Å². The van der Waals surface area contributed by atoms with Crippen molar-refractivity contribution >= 4 is 13.8 Å². The van der Waals surface area contributed by atoms with Gasteiger partial charge in [-0.1, -0.05) is 51.4 Å². The fraction of sp³-hybridized carbons (Fsp3) is 0.929. The van der Waals surface area contributed by atoms with Crippen LogP contribution in [-0.2, 0) is 4.52 Å². The fourth-order valence-corrected chi connectivity index (χ4v) is 4.08. The molecule has 2 aliphatic rings. The van der Waals surface area contributed by atoms with Crippen molar-refractivity contribution in [3.05, 3.63) is 0 Å². The lowest BCUT2D eigenvalue weighted by Crippen LogP contribution is -2.16. The maximum Gasteiger partial charge on any atom is 0.217 e. The van der Waals surface area contributed by atoms with Crippen LogP contribution in [0.1, 0.15) is 70.6 Å². The number of rotatable bonds is 4. The second-order valence-electron chi connectivity index (χ2n) is 5.57. The third-order valence-electron chi connectivity index (χ3n) is 4.12. The highest BCUT2D eigenvalue weighted by molar-refractivity contribution is 7.44. The third-order valence-corrected chi connectivity index (χ3v) is 5.13. The van der Waals surface area contributed by atoms with E-state index in [9.17, 15) is 4.89 Å². The third kappa shape index (κ3) is 5.07. The molecule has 2 fully saturated rings. The lowest BCUT2D eigenvalue weighted by molar-refractivity contribution is -0.176. The molecule has 1 atom stereocenters. The van der Waals surface area contributed by atoms with E-state index in [1.54, 1.807) is 0 Å². The molecule has 0 spiro atoms. The van der Waals surface area contributed by atoms with Gasteiger partial charge >= 0.3 is 0 Å². The Kier molecular flexibility index (Phi) is 5.97. The first kappa shape index (κ1) is 13.5. The van der Waals surface area contributed by atoms with E-state index in [0.717, 1.165) is 25.2 Å². The summed E-state index contributed by atoms with van der Waals surface area (Å²) in [6, 6.07) is 0. The molecule has 0 aromatic heterocycles. The monoisotopic (exact) mass is 256 g/mol. The SMILES string of the molecule is [O-][P+](=CCC1CCCCC1)OC1CCCCC1. The number of hydrogen-bond acceptors (Lipinski definition) is 2. The fourth-order valence-electron chi connectivity index (χ4n) is 3.02. The van der Waals surface area contributed by atoms with Gasteiger partial charge in [-0.25, -0.2) is 0 Å². The molecule has 0 heterocycles. The molecule has 3 heteroatoms. The van der Waals surface area contributed by atoms with Crippen LogP contribution < -0.4 is 4.89 Å². The van der Waals surface area contributed by atoms with Crippen LogP contribution >= 0.6 is 8.00 Å². The summed E-state index contributed by atoms with van der Waals surface area (Å²) in [4.78, 5) is 11.8. The average Bonchev–Trinajstić information content (AvgIpc) is 2.39. The molecule has 2 saturated carbocycles. The predicted octanol–water partition coefficient (Wildman–Crippen LogP) is 3.78. The van der Waals surface area contributed by atoms with Crippen LogP contribution in [0, 0.1) is 5.92 Å². The Balaban J connectivity index is 1.68. The van der Waals surface area contributed by atoms with Gasteiger partial charge < -0.3 is 4.89 Å². The molecule has 1 unspecified atom stereocenters. The minimum absolute atomic E-state index is 0.273. The van der Waals surface area contributed by atoms with Crippen LogP contribution in [0.5, 0.6) is 0 Å². The lowest BCUT2D eigenvalue weighted by Gasteiger charge is -2.20. The van der Waals surface area contributed by atoms with Crippen LogP contribution in [0.2, 0.25) is 0 Å². The standard InChI is InChI=1S/C14H25O2P/c15-17(16-14-9-5-2-6-10-14)12-11-13-7-3-1-4-8-13/h12-14H,1-11H2. The Morgan fingerprint density at radius 1 is 0.941 bits per heavy atom. The van der Waals surface area contributed by atoms with Gasteiger partial charge in [-0.3, -0.25) is 0 Å². The van der Waals surface area contributed by atoms with Gasteiger partial charge in [-0.15, -0.1) is 0 Å². The zero-order valence-electron chi connectivity index (χ0n) is 10.8. The zero-order chi connectivity index (χ0) is 11.9. The quantitative estimate of drug-likeness (QED) is 0.717. The molecule has 2 nitrogen and oxygen atoms in total. The lowest BCUT2D eigenvalue weighted by atomic mass is 9.88. The Bertz CT molecular complexity index is 241. The predicted molar refractivity (Wildman–Crippen MR) is 72.1 cm³/mol. The highest BCUT2D eigenvalue weighted by Crippen LogP contribution is 2.30. The summed E-state index contributed by atoms with van der Waals surface area (Å²) < 4.78 is 5.64. The minimum Gasteiger partial charge on any atom is -0.603 e. The Labute approximate surface area is 106 Å². The largest absolute Gasteiger partial charge is 0.603 e. The summed E-state index contributed by atoms with van der Waals surface area (Å²) in [6.45, 7) is 0. The van der Waals surface area contributed by atoms with Crippen LogP contribution in [-0.4, -0.2) is 11.9 Å². The van der Waals surface area contributed by atoms with Crippen LogP contribution in [0.3, 0.4) is 0 Å². The summed E-state index contributed by atoms with van der Waals surface area (Å²) in [5.74, 6) is 2.72. The van der Waals surface area contributed by atoms with E-state index in [4.69, 9.17) is 4.52 Å². The summed E-state index contributed by atoms with van der Waals surface area (Å²) in [5, 5.41) is 0. The molecule has 0 amide bonds. The Morgan fingerprint density at radius 2 is 1.53 bits per heavy atom. The summed E-state index contributed by atoms with van der Waals surface area (Å²) >= 11 is 0. The van der Waals surface area contributed by atoms with Gasteiger partial charge in [0, 0.05) is 6.42 Å². The van der Waals surface area contributed by atoms with Crippen molar-refractivity contribution in [2.45, 2.75) is 76.7 Å². The molecule has 98 valence electrons. The molecule has 0 aromatic rings. The Morgan fingerprint density at radius 3 is 2.18 bits per heavy atom. The second kappa shape index (κ2) is 7.51. The zero-order valence-corrected chi connectivity index (χ0v) is 11.7. The van der Waals surface area contributed by atoms with Crippen molar-refractivity contribution in [1.29, 1.82) is 0 Å². The summed E-state index contributed by atoms with van der Waals surface area (Å²) in [7, 11) is -1.50. The first-order valence-corrected chi connectivity index (χ1v) is 8.56. The van der Waals surface area contributed by atoms with Crippen molar-refractivity contribution in [2.24, 2.45) is 5.92 Å². The van der Waals surface area contributed by atoms with Crippen molar-refractivity contribution in [3.8, 4) is 0 Å². The molecule has 2 rings (SSSR count). The molecule has 0 radical (unpaired) electrons. The second-order valence-corrected chi connectivity index (χ2v) is 6.72. The van der Waals surface area contributed by atoms with Crippen molar-refractivity contribution in [2.75, 3.05) is 0 Å². The van der Waals surface area contributed by atoms with Gasteiger partial charge in [0.15, 0.2) is 0 Å². The van der Waals surface area contributed by atoms with Crippen LogP contribution in [0.15, 0.2) is 0 Å². The van der Waals surface area contributed by atoms with Gasteiger partial charge in [0.2, 0.25) is 8.00 Å². The molecular weight excluding hydrogens is 231 g/mol. The Hall–Kier alpha value is 0.0900. The maximum atomic E-state index is 11.8. The van der Waals surface area contributed by atoms with E-state index in [0.29, 0.717) is 0 Å². The first-order valence-electron chi connectivity index (χ1n) is 7.31. The molecule has 17 heavy (non-hydrogen) atoms. The van der Waals surface area contributed by atoms with E-state index in [2.05, 4.69) is 0 Å². The van der Waals surface area contributed by atoms with Gasteiger partial charge in [0.25, 0.3) is 0 Å². The highest BCUT2D eigenvalue weighted by atomic mass is 31.1. The van der Waals surface area contributed by atoms with E-state index in [1.165, 1.54) is 51.4 Å². The first-order chi connectivity index (χ1) is 8.34. The molecule has 0 bridgehead atoms. The molecule has 0 N–H and O–H groups in total. The van der Waals surface area contributed by atoms with Crippen molar-refractivity contribution < 1.29 is 9.42 Å². The molecular formula is C14H25O2P. The van der Waals surface area contributed by atoms with Crippen LogP contribution in [0.25, 0.3) is 0 Å². The van der Waals surface area contributed by atoms with Gasteiger partial charge in [-0.05, 0) is 18.8 Å². The van der Waals surface area contributed by atoms with E-state index < -0.39 is 8.00 Å². The van der Waals surface area contributed by atoms with Gasteiger partial charge in [0.1, 0.15) is 11.9 Å². The van der Waals surface area contributed by atoms with Gasteiger partial charge in [0.05, 0.1) is 0 Å². The average molecular weight is 256 g/mol. The number of hydrogen-bond donors (Lipinski definition) is 0.